The van der Waals surface area contributed by atoms with E-state index in [9.17, 15) is 9.90 Å². The van der Waals surface area contributed by atoms with Crippen LogP contribution in [0.5, 0.6) is 0 Å². The Morgan fingerprint density at radius 2 is 2.25 bits per heavy atom. The van der Waals surface area contributed by atoms with E-state index < -0.39 is 5.97 Å². The van der Waals surface area contributed by atoms with Gasteiger partial charge in [-0.1, -0.05) is 25.2 Å². The molecular weight excluding hydrogens is 278 g/mol. The lowest BCUT2D eigenvalue weighted by molar-refractivity contribution is 0.0700. The lowest BCUT2D eigenvalue weighted by Crippen LogP contribution is -2.33. The number of fused-ring (bicyclic) bond motifs is 1. The van der Waals surface area contributed by atoms with Crippen molar-refractivity contribution in [1.29, 1.82) is 0 Å². The summed E-state index contributed by atoms with van der Waals surface area (Å²) in [4.78, 5) is 18.2. The van der Waals surface area contributed by atoms with E-state index in [1.54, 1.807) is 6.33 Å². The van der Waals surface area contributed by atoms with E-state index in [0.29, 0.717) is 17.1 Å². The summed E-state index contributed by atoms with van der Waals surface area (Å²) in [7, 11) is 0. The van der Waals surface area contributed by atoms with Crippen LogP contribution in [0.4, 0.5) is 5.13 Å². The number of rotatable bonds is 3. The Bertz CT molecular complexity index is 648. The van der Waals surface area contributed by atoms with Crippen molar-refractivity contribution >= 4 is 22.4 Å². The maximum atomic E-state index is 11.3. The van der Waals surface area contributed by atoms with Gasteiger partial charge in [0.1, 0.15) is 11.2 Å². The maximum Gasteiger partial charge on any atom is 0.347 e. The Balaban J connectivity index is 1.92. The highest BCUT2D eigenvalue weighted by Crippen LogP contribution is 2.32. The second kappa shape index (κ2) is 4.86. The SMILES string of the molecule is CC(C)c1nc(N2CCn3cnnc3C2)sc1C(=O)O. The number of anilines is 1. The van der Waals surface area contributed by atoms with E-state index in [4.69, 9.17) is 0 Å². The van der Waals surface area contributed by atoms with Crippen LogP contribution in [0.25, 0.3) is 0 Å². The van der Waals surface area contributed by atoms with Gasteiger partial charge in [-0.15, -0.1) is 10.2 Å². The number of nitrogens with zero attached hydrogens (tertiary/aromatic N) is 5. The van der Waals surface area contributed by atoms with E-state index >= 15 is 0 Å². The lowest BCUT2D eigenvalue weighted by Gasteiger charge is -2.26. The van der Waals surface area contributed by atoms with Crippen LogP contribution in [0.1, 0.15) is 41.0 Å². The molecule has 0 spiro atoms. The summed E-state index contributed by atoms with van der Waals surface area (Å²) in [5.74, 6) is 0.0755. The lowest BCUT2D eigenvalue weighted by atomic mass is 10.1. The highest BCUT2D eigenvalue weighted by molar-refractivity contribution is 7.17. The zero-order chi connectivity index (χ0) is 14.3. The van der Waals surface area contributed by atoms with Crippen molar-refractivity contribution in [2.45, 2.75) is 32.9 Å². The Morgan fingerprint density at radius 3 is 2.90 bits per heavy atom. The Hall–Kier alpha value is -1.96. The molecule has 0 aromatic carbocycles. The number of carbonyl (C=O) groups is 1. The standard InChI is InChI=1S/C12H15N5O2S/c1-7(2)9-10(11(18)19)20-12(14-9)16-3-4-17-6-13-15-8(17)5-16/h6-7H,3-5H2,1-2H3,(H,18,19). The number of hydrogen-bond acceptors (Lipinski definition) is 6. The smallest absolute Gasteiger partial charge is 0.347 e. The highest BCUT2D eigenvalue weighted by Gasteiger charge is 2.25. The highest BCUT2D eigenvalue weighted by atomic mass is 32.1. The summed E-state index contributed by atoms with van der Waals surface area (Å²) in [6, 6.07) is 0. The third kappa shape index (κ3) is 2.15. The second-order valence-corrected chi connectivity index (χ2v) is 6.01. The first-order valence-corrected chi connectivity index (χ1v) is 7.23. The molecule has 1 aliphatic heterocycles. The predicted octanol–water partition coefficient (Wildman–Crippen LogP) is 1.58. The van der Waals surface area contributed by atoms with Gasteiger partial charge in [0.25, 0.3) is 0 Å². The van der Waals surface area contributed by atoms with Gasteiger partial charge in [-0.25, -0.2) is 9.78 Å². The average Bonchev–Trinajstić information content (AvgIpc) is 3.04. The minimum absolute atomic E-state index is 0.0968. The largest absolute Gasteiger partial charge is 0.477 e. The van der Waals surface area contributed by atoms with Gasteiger partial charge in [0.15, 0.2) is 11.0 Å². The normalized spacial score (nSPS) is 14.7. The molecule has 0 fully saturated rings. The molecule has 8 heteroatoms. The third-order valence-electron chi connectivity index (χ3n) is 3.29. The van der Waals surface area contributed by atoms with Crippen molar-refractivity contribution in [3.8, 4) is 0 Å². The topological polar surface area (TPSA) is 84.1 Å². The number of carboxylic acids is 1. The molecule has 3 heterocycles. The molecule has 106 valence electrons. The summed E-state index contributed by atoms with van der Waals surface area (Å²) in [5, 5.41) is 18.0. The van der Waals surface area contributed by atoms with Crippen LogP contribution in [0.3, 0.4) is 0 Å². The van der Waals surface area contributed by atoms with Crippen molar-refractivity contribution < 1.29 is 9.90 Å². The molecule has 0 bridgehead atoms. The molecule has 20 heavy (non-hydrogen) atoms. The molecule has 7 nitrogen and oxygen atoms in total. The fourth-order valence-electron chi connectivity index (χ4n) is 2.23. The van der Waals surface area contributed by atoms with Crippen LogP contribution in [0, 0.1) is 0 Å². The van der Waals surface area contributed by atoms with Gasteiger partial charge >= 0.3 is 5.97 Å². The Labute approximate surface area is 119 Å². The van der Waals surface area contributed by atoms with E-state index in [1.807, 2.05) is 18.4 Å². The summed E-state index contributed by atoms with van der Waals surface area (Å²) in [5.41, 5.74) is 0.657. The summed E-state index contributed by atoms with van der Waals surface area (Å²) in [6.45, 7) is 6.11. The molecule has 0 saturated heterocycles. The first-order valence-electron chi connectivity index (χ1n) is 6.42. The quantitative estimate of drug-likeness (QED) is 0.925. The van der Waals surface area contributed by atoms with Crippen LogP contribution < -0.4 is 4.90 Å². The monoisotopic (exact) mass is 293 g/mol. The summed E-state index contributed by atoms with van der Waals surface area (Å²) >= 11 is 1.24. The summed E-state index contributed by atoms with van der Waals surface area (Å²) < 4.78 is 2.01. The van der Waals surface area contributed by atoms with Crippen molar-refractivity contribution in [3.05, 3.63) is 22.7 Å². The van der Waals surface area contributed by atoms with Gasteiger partial charge in [-0.2, -0.15) is 0 Å². The van der Waals surface area contributed by atoms with Gasteiger partial charge in [-0.05, 0) is 5.92 Å². The van der Waals surface area contributed by atoms with Crippen LogP contribution in [0.2, 0.25) is 0 Å². The molecular formula is C12H15N5O2S. The zero-order valence-corrected chi connectivity index (χ0v) is 12.1. The van der Waals surface area contributed by atoms with Crippen molar-refractivity contribution in [3.63, 3.8) is 0 Å². The fourth-order valence-corrected chi connectivity index (χ4v) is 3.31. The molecule has 2 aromatic rings. The van der Waals surface area contributed by atoms with Gasteiger partial charge in [0.05, 0.1) is 12.2 Å². The van der Waals surface area contributed by atoms with Gasteiger partial charge < -0.3 is 14.6 Å². The molecule has 0 aliphatic carbocycles. The first kappa shape index (κ1) is 13.0. The van der Waals surface area contributed by atoms with Gasteiger partial charge in [0, 0.05) is 13.1 Å². The molecule has 0 atom stereocenters. The Morgan fingerprint density at radius 1 is 1.45 bits per heavy atom. The molecule has 1 aliphatic rings. The van der Waals surface area contributed by atoms with Crippen LogP contribution in [-0.4, -0.2) is 37.4 Å². The fraction of sp³-hybridized carbons (Fsp3) is 0.500. The number of carboxylic acid groups (broad SMARTS) is 1. The second-order valence-electron chi connectivity index (χ2n) is 5.03. The van der Waals surface area contributed by atoms with Crippen LogP contribution in [-0.2, 0) is 13.1 Å². The zero-order valence-electron chi connectivity index (χ0n) is 11.3. The third-order valence-corrected chi connectivity index (χ3v) is 4.41. The molecule has 1 N–H and O–H groups in total. The minimum atomic E-state index is -0.905. The predicted molar refractivity (Wildman–Crippen MR) is 74.2 cm³/mol. The van der Waals surface area contributed by atoms with Crippen molar-refractivity contribution in [1.82, 2.24) is 19.7 Å². The van der Waals surface area contributed by atoms with Gasteiger partial charge in [0.2, 0.25) is 0 Å². The molecule has 0 saturated carbocycles. The Kier molecular flexibility index (Phi) is 3.17. The molecule has 0 amide bonds. The molecule has 0 unspecified atom stereocenters. The average molecular weight is 293 g/mol. The van der Waals surface area contributed by atoms with Gasteiger partial charge in [-0.3, -0.25) is 0 Å². The van der Waals surface area contributed by atoms with Crippen molar-refractivity contribution in [2.24, 2.45) is 0 Å². The van der Waals surface area contributed by atoms with E-state index in [2.05, 4.69) is 20.1 Å². The van der Waals surface area contributed by atoms with E-state index in [-0.39, 0.29) is 5.92 Å². The number of hydrogen-bond donors (Lipinski definition) is 1. The molecule has 0 radical (unpaired) electrons. The number of aromatic nitrogens is 4. The van der Waals surface area contributed by atoms with Crippen LogP contribution >= 0.6 is 11.3 Å². The number of thiazole rings is 1. The molecule has 3 rings (SSSR count). The summed E-state index contributed by atoms with van der Waals surface area (Å²) in [6.07, 6.45) is 1.72. The molecule has 2 aromatic heterocycles. The van der Waals surface area contributed by atoms with E-state index in [0.717, 1.165) is 24.0 Å². The van der Waals surface area contributed by atoms with Crippen molar-refractivity contribution in [2.75, 3.05) is 11.4 Å². The maximum absolute atomic E-state index is 11.3. The first-order chi connectivity index (χ1) is 9.56. The number of aromatic carboxylic acids is 1. The minimum Gasteiger partial charge on any atom is -0.477 e. The van der Waals surface area contributed by atoms with E-state index in [1.165, 1.54) is 11.3 Å². The van der Waals surface area contributed by atoms with Crippen LogP contribution in [0.15, 0.2) is 6.33 Å².